The fourth-order valence-corrected chi connectivity index (χ4v) is 4.66. The minimum Gasteiger partial charge on any atom is -0.485 e. The molecule has 1 aromatic heterocycles. The summed E-state index contributed by atoms with van der Waals surface area (Å²) in [5.74, 6) is 1.10. The van der Waals surface area contributed by atoms with Gasteiger partial charge in [0.1, 0.15) is 6.61 Å². The highest BCUT2D eigenvalue weighted by Crippen LogP contribution is 2.31. The van der Waals surface area contributed by atoms with Crippen molar-refractivity contribution in [2.75, 3.05) is 32.8 Å². The second kappa shape index (κ2) is 9.44. The van der Waals surface area contributed by atoms with Crippen molar-refractivity contribution in [3.05, 3.63) is 76.6 Å². The third kappa shape index (κ3) is 4.60. The van der Waals surface area contributed by atoms with Crippen molar-refractivity contribution in [1.82, 2.24) is 19.6 Å². The number of fused-ring (bicyclic) bond motifs is 1. The molecule has 3 heterocycles. The molecule has 0 bridgehead atoms. The van der Waals surface area contributed by atoms with Crippen molar-refractivity contribution in [1.29, 1.82) is 0 Å². The van der Waals surface area contributed by atoms with Gasteiger partial charge in [-0.2, -0.15) is 5.10 Å². The molecule has 8 heteroatoms. The first-order chi connectivity index (χ1) is 16.9. The molecule has 1 atom stereocenters. The third-order valence-corrected chi connectivity index (χ3v) is 6.71. The van der Waals surface area contributed by atoms with Crippen LogP contribution in [0.2, 0.25) is 0 Å². The lowest BCUT2D eigenvalue weighted by atomic mass is 10.1. The van der Waals surface area contributed by atoms with E-state index in [4.69, 9.17) is 9.47 Å². The monoisotopic (exact) mass is 474 g/mol. The van der Waals surface area contributed by atoms with Crippen LogP contribution >= 0.6 is 0 Å². The number of nitrogens with zero attached hydrogens (tertiary/aromatic N) is 4. The molecule has 2 aromatic carbocycles. The predicted molar refractivity (Wildman–Crippen MR) is 131 cm³/mol. The van der Waals surface area contributed by atoms with E-state index in [0.29, 0.717) is 49.8 Å². The van der Waals surface area contributed by atoms with E-state index in [1.165, 1.54) is 5.56 Å². The summed E-state index contributed by atoms with van der Waals surface area (Å²) in [6.45, 7) is 8.55. The molecule has 1 fully saturated rings. The van der Waals surface area contributed by atoms with Gasteiger partial charge >= 0.3 is 0 Å². The van der Waals surface area contributed by atoms with Crippen LogP contribution in [0, 0.1) is 20.8 Å². The summed E-state index contributed by atoms with van der Waals surface area (Å²) in [4.78, 5) is 30.0. The second-order valence-corrected chi connectivity index (χ2v) is 9.17. The molecule has 8 nitrogen and oxygen atoms in total. The first-order valence-corrected chi connectivity index (χ1v) is 12.0. The van der Waals surface area contributed by atoms with E-state index in [1.54, 1.807) is 11.0 Å². The van der Waals surface area contributed by atoms with Gasteiger partial charge in [0.05, 0.1) is 17.8 Å². The van der Waals surface area contributed by atoms with Gasteiger partial charge in [-0.05, 0) is 38.5 Å². The summed E-state index contributed by atoms with van der Waals surface area (Å²) in [6.07, 6.45) is -0.670. The Labute approximate surface area is 205 Å². The van der Waals surface area contributed by atoms with Gasteiger partial charge in [0.15, 0.2) is 11.5 Å². The number of aromatic nitrogens is 2. The zero-order valence-electron chi connectivity index (χ0n) is 20.4. The van der Waals surface area contributed by atoms with E-state index >= 15 is 0 Å². The molecule has 2 aliphatic heterocycles. The quantitative estimate of drug-likeness (QED) is 0.581. The first kappa shape index (κ1) is 23.0. The summed E-state index contributed by atoms with van der Waals surface area (Å²) in [6, 6.07) is 15.7. The van der Waals surface area contributed by atoms with Gasteiger partial charge in [-0.1, -0.05) is 42.0 Å². The summed E-state index contributed by atoms with van der Waals surface area (Å²) < 4.78 is 13.5. The van der Waals surface area contributed by atoms with Gasteiger partial charge in [0.2, 0.25) is 6.10 Å². The van der Waals surface area contributed by atoms with Crippen LogP contribution in [0.5, 0.6) is 11.5 Å². The maximum Gasteiger partial charge on any atom is 0.267 e. The van der Waals surface area contributed by atoms with Crippen LogP contribution in [-0.4, -0.2) is 70.3 Å². The highest BCUT2D eigenvalue weighted by Gasteiger charge is 2.34. The lowest BCUT2D eigenvalue weighted by Crippen LogP contribution is -2.55. The van der Waals surface area contributed by atoms with E-state index < -0.39 is 6.10 Å². The van der Waals surface area contributed by atoms with Gasteiger partial charge in [-0.25, -0.2) is 0 Å². The Morgan fingerprint density at radius 3 is 2.29 bits per heavy atom. The molecule has 0 aliphatic carbocycles. The van der Waals surface area contributed by atoms with E-state index in [1.807, 2.05) is 41.6 Å². The van der Waals surface area contributed by atoms with Crippen LogP contribution in [0.4, 0.5) is 0 Å². The first-order valence-electron chi connectivity index (χ1n) is 12.0. The second-order valence-electron chi connectivity index (χ2n) is 9.17. The zero-order chi connectivity index (χ0) is 24.5. The summed E-state index contributed by atoms with van der Waals surface area (Å²) in [5, 5.41) is 4.64. The van der Waals surface area contributed by atoms with Crippen molar-refractivity contribution in [2.45, 2.75) is 33.4 Å². The molecule has 182 valence electrons. The topological polar surface area (TPSA) is 76.9 Å². The SMILES string of the molecule is Cc1ccc(Cn2nc(C)c(C(=O)N3CCN(C(=O)[C@H]4COc5ccccc5O4)CC3)c2C)cc1. The Morgan fingerprint density at radius 2 is 1.57 bits per heavy atom. The number of para-hydroxylation sites is 2. The van der Waals surface area contributed by atoms with E-state index in [2.05, 4.69) is 36.3 Å². The standard InChI is InChI=1S/C27H30N4O4/c1-18-8-10-21(11-9-18)16-31-20(3)25(19(2)28-31)27(33)30-14-12-29(13-15-30)26(32)24-17-34-22-6-4-5-7-23(22)35-24/h4-11,24H,12-17H2,1-3H3/t24-/m1/s1. The Morgan fingerprint density at radius 1 is 0.914 bits per heavy atom. The lowest BCUT2D eigenvalue weighted by Gasteiger charge is -2.37. The molecule has 0 saturated carbocycles. The molecule has 5 rings (SSSR count). The van der Waals surface area contributed by atoms with Crippen molar-refractivity contribution < 1.29 is 19.1 Å². The average Bonchev–Trinajstić information content (AvgIpc) is 3.16. The van der Waals surface area contributed by atoms with Crippen molar-refractivity contribution in [3.8, 4) is 11.5 Å². The molecule has 2 aliphatic rings. The van der Waals surface area contributed by atoms with Gasteiger partial charge in [-0.15, -0.1) is 0 Å². The molecule has 3 aromatic rings. The molecular weight excluding hydrogens is 444 g/mol. The fourth-order valence-electron chi connectivity index (χ4n) is 4.66. The van der Waals surface area contributed by atoms with Crippen LogP contribution in [-0.2, 0) is 11.3 Å². The van der Waals surface area contributed by atoms with E-state index in [9.17, 15) is 9.59 Å². The minimum absolute atomic E-state index is 0.0339. The van der Waals surface area contributed by atoms with Crippen LogP contribution < -0.4 is 9.47 Å². The Hall–Kier alpha value is -3.81. The van der Waals surface area contributed by atoms with Crippen molar-refractivity contribution in [2.24, 2.45) is 0 Å². The molecule has 0 radical (unpaired) electrons. The fraction of sp³-hybridized carbons (Fsp3) is 0.370. The lowest BCUT2D eigenvalue weighted by molar-refractivity contribution is -0.142. The molecule has 35 heavy (non-hydrogen) atoms. The Bertz CT molecular complexity index is 1240. The number of carbonyl (C=O) groups excluding carboxylic acids is 2. The number of aryl methyl sites for hydroxylation is 2. The Balaban J connectivity index is 1.21. The summed E-state index contributed by atoms with van der Waals surface area (Å²) in [7, 11) is 0. The minimum atomic E-state index is -0.670. The highest BCUT2D eigenvalue weighted by atomic mass is 16.6. The largest absolute Gasteiger partial charge is 0.485 e. The summed E-state index contributed by atoms with van der Waals surface area (Å²) in [5.41, 5.74) is 4.59. The van der Waals surface area contributed by atoms with E-state index in [-0.39, 0.29) is 18.4 Å². The molecule has 2 amide bonds. The highest BCUT2D eigenvalue weighted by molar-refractivity contribution is 5.96. The van der Waals surface area contributed by atoms with Gasteiger partial charge in [-0.3, -0.25) is 14.3 Å². The molecule has 1 saturated heterocycles. The van der Waals surface area contributed by atoms with Crippen LogP contribution in [0.25, 0.3) is 0 Å². The normalized spacial score (nSPS) is 17.4. The number of piperazine rings is 1. The summed E-state index contributed by atoms with van der Waals surface area (Å²) >= 11 is 0. The predicted octanol–water partition coefficient (Wildman–Crippen LogP) is 2.98. The van der Waals surface area contributed by atoms with Crippen LogP contribution in [0.15, 0.2) is 48.5 Å². The number of amides is 2. The molecule has 0 spiro atoms. The number of hydrogen-bond donors (Lipinski definition) is 0. The van der Waals surface area contributed by atoms with Crippen LogP contribution in [0.3, 0.4) is 0 Å². The Kier molecular flexibility index (Phi) is 6.19. The van der Waals surface area contributed by atoms with E-state index in [0.717, 1.165) is 17.0 Å². The zero-order valence-corrected chi connectivity index (χ0v) is 20.4. The van der Waals surface area contributed by atoms with Gasteiger partial charge < -0.3 is 19.3 Å². The maximum atomic E-state index is 13.4. The van der Waals surface area contributed by atoms with Gasteiger partial charge in [0, 0.05) is 31.9 Å². The number of carbonyl (C=O) groups is 2. The average molecular weight is 475 g/mol. The number of ether oxygens (including phenoxy) is 2. The molecule has 0 unspecified atom stereocenters. The number of rotatable bonds is 4. The van der Waals surface area contributed by atoms with Crippen molar-refractivity contribution in [3.63, 3.8) is 0 Å². The van der Waals surface area contributed by atoms with Crippen LogP contribution in [0.1, 0.15) is 32.9 Å². The number of hydrogen-bond acceptors (Lipinski definition) is 5. The maximum absolute atomic E-state index is 13.4. The molecule has 0 N–H and O–H groups in total. The molecular formula is C27H30N4O4. The number of benzene rings is 2. The van der Waals surface area contributed by atoms with Gasteiger partial charge in [0.25, 0.3) is 11.8 Å². The smallest absolute Gasteiger partial charge is 0.267 e. The van der Waals surface area contributed by atoms with Crippen molar-refractivity contribution >= 4 is 11.8 Å². The third-order valence-electron chi connectivity index (χ3n) is 6.71.